The van der Waals surface area contributed by atoms with Crippen LogP contribution in [0.25, 0.3) is 11.0 Å². The highest BCUT2D eigenvalue weighted by molar-refractivity contribution is 7.89. The van der Waals surface area contributed by atoms with Crippen molar-refractivity contribution < 1.29 is 23.1 Å². The molecule has 2 aromatic carbocycles. The molecule has 1 heterocycles. The molecule has 3 rings (SSSR count). The molecule has 0 spiro atoms. The lowest BCUT2D eigenvalue weighted by molar-refractivity contribution is -0.136. The van der Waals surface area contributed by atoms with E-state index >= 15 is 0 Å². The van der Waals surface area contributed by atoms with Crippen LogP contribution in [0.1, 0.15) is 18.3 Å². The number of imidazole rings is 1. The minimum atomic E-state index is -3.23. The van der Waals surface area contributed by atoms with Gasteiger partial charge in [0.25, 0.3) is 0 Å². The van der Waals surface area contributed by atoms with Gasteiger partial charge in [0.05, 0.1) is 27.5 Å². The smallest absolute Gasteiger partial charge is 0.307 e. The van der Waals surface area contributed by atoms with Crippen molar-refractivity contribution in [2.75, 3.05) is 6.26 Å². The molecule has 29 heavy (non-hydrogen) atoms. The number of ether oxygens (including phenoxy) is 1. The number of aryl methyl sites for hydroxylation is 1. The predicted octanol–water partition coefficient (Wildman–Crippen LogP) is 4.33. The van der Waals surface area contributed by atoms with Gasteiger partial charge in [-0.15, -0.1) is 0 Å². The molecular weight excluding hydrogens is 439 g/mol. The fraction of sp³-hybridized carbons (Fsp3) is 0.263. The summed E-state index contributed by atoms with van der Waals surface area (Å²) < 4.78 is 31.0. The largest absolute Gasteiger partial charge is 0.481 e. The summed E-state index contributed by atoms with van der Waals surface area (Å²) in [5, 5.41) is 9.29. The first-order chi connectivity index (χ1) is 13.6. The quantitative estimate of drug-likeness (QED) is 0.567. The Morgan fingerprint density at radius 2 is 1.86 bits per heavy atom. The van der Waals surface area contributed by atoms with Crippen LogP contribution in [0.2, 0.25) is 10.0 Å². The minimum Gasteiger partial charge on any atom is -0.481 e. The molecule has 1 aromatic heterocycles. The van der Waals surface area contributed by atoms with Crippen LogP contribution < -0.4 is 4.74 Å². The number of halogens is 2. The lowest BCUT2D eigenvalue weighted by Gasteiger charge is -2.12. The first kappa shape index (κ1) is 21.4. The Labute approximate surface area is 177 Å². The van der Waals surface area contributed by atoms with Crippen molar-refractivity contribution in [3.8, 4) is 11.5 Å². The zero-order valence-electron chi connectivity index (χ0n) is 15.6. The molecule has 7 nitrogen and oxygen atoms in total. The van der Waals surface area contributed by atoms with E-state index in [2.05, 4.69) is 4.98 Å². The van der Waals surface area contributed by atoms with Gasteiger partial charge in [0, 0.05) is 18.9 Å². The van der Waals surface area contributed by atoms with E-state index in [4.69, 9.17) is 33.0 Å². The molecule has 154 valence electrons. The number of aliphatic carboxylic acids is 1. The highest BCUT2D eigenvalue weighted by atomic mass is 35.5. The number of carbonyl (C=O) groups is 1. The number of hydrogen-bond acceptors (Lipinski definition) is 5. The van der Waals surface area contributed by atoms with Crippen LogP contribution in [0.5, 0.6) is 11.5 Å². The summed E-state index contributed by atoms with van der Waals surface area (Å²) in [4.78, 5) is 15.3. The van der Waals surface area contributed by atoms with E-state index in [9.17, 15) is 13.2 Å². The molecule has 0 bridgehead atoms. The van der Waals surface area contributed by atoms with Crippen molar-refractivity contribution >= 4 is 50.0 Å². The number of carboxylic acid groups (broad SMARTS) is 1. The van der Waals surface area contributed by atoms with Crippen LogP contribution in [-0.2, 0) is 33.4 Å². The van der Waals surface area contributed by atoms with E-state index in [0.717, 1.165) is 5.52 Å². The van der Waals surface area contributed by atoms with Gasteiger partial charge in [-0.3, -0.25) is 4.79 Å². The van der Waals surface area contributed by atoms with Gasteiger partial charge >= 0.3 is 5.97 Å². The van der Waals surface area contributed by atoms with Gasteiger partial charge in [0.1, 0.15) is 17.3 Å². The fourth-order valence-corrected chi connectivity index (χ4v) is 4.32. The predicted molar refractivity (Wildman–Crippen MR) is 112 cm³/mol. The molecule has 0 radical (unpaired) electrons. The summed E-state index contributed by atoms with van der Waals surface area (Å²) in [5.41, 5.74) is 1.83. The third-order valence-corrected chi connectivity index (χ3v) is 5.48. The monoisotopic (exact) mass is 456 g/mol. The number of benzene rings is 2. The first-order valence-corrected chi connectivity index (χ1v) is 11.4. The van der Waals surface area contributed by atoms with Crippen molar-refractivity contribution in [2.24, 2.45) is 0 Å². The van der Waals surface area contributed by atoms with E-state index in [1.165, 1.54) is 18.4 Å². The van der Waals surface area contributed by atoms with Gasteiger partial charge in [-0.1, -0.05) is 23.2 Å². The Morgan fingerprint density at radius 3 is 2.41 bits per heavy atom. The van der Waals surface area contributed by atoms with E-state index in [0.29, 0.717) is 29.2 Å². The standard InChI is InChI=1S/C19H18Cl2N2O5S/c1-3-23-16-9-12(4-5-15(16)22-17(23)10-29(2,26)27)28-19-13(20)6-11(7-14(19)21)8-18(24)25/h4-7,9H,3,8,10H2,1-2H3,(H,24,25). The lowest BCUT2D eigenvalue weighted by Crippen LogP contribution is -2.08. The van der Waals surface area contributed by atoms with Crippen molar-refractivity contribution in [2.45, 2.75) is 25.6 Å². The number of hydrogen-bond donors (Lipinski definition) is 1. The number of nitrogens with zero attached hydrogens (tertiary/aromatic N) is 2. The number of fused-ring (bicyclic) bond motifs is 1. The van der Waals surface area contributed by atoms with Gasteiger partial charge in [0.2, 0.25) is 0 Å². The molecular formula is C19H18Cl2N2O5S. The minimum absolute atomic E-state index is 0.158. The van der Waals surface area contributed by atoms with Gasteiger partial charge in [0.15, 0.2) is 15.6 Å². The zero-order chi connectivity index (χ0) is 21.3. The van der Waals surface area contributed by atoms with E-state index < -0.39 is 15.8 Å². The number of carboxylic acids is 1. The summed E-state index contributed by atoms with van der Waals surface area (Å²) in [5.74, 6) is -0.0484. The molecule has 10 heteroatoms. The van der Waals surface area contributed by atoms with Crippen molar-refractivity contribution in [1.82, 2.24) is 9.55 Å². The lowest BCUT2D eigenvalue weighted by atomic mass is 10.1. The van der Waals surface area contributed by atoms with Crippen molar-refractivity contribution in [1.29, 1.82) is 0 Å². The van der Waals surface area contributed by atoms with Gasteiger partial charge < -0.3 is 14.4 Å². The van der Waals surface area contributed by atoms with Crippen molar-refractivity contribution in [3.63, 3.8) is 0 Å². The average Bonchev–Trinajstić information content (AvgIpc) is 2.91. The molecule has 0 amide bonds. The topological polar surface area (TPSA) is 98.5 Å². The second-order valence-corrected chi connectivity index (χ2v) is 9.51. The molecule has 0 aliphatic carbocycles. The molecule has 0 saturated carbocycles. The summed E-state index contributed by atoms with van der Waals surface area (Å²) in [6.07, 6.45) is 0.962. The summed E-state index contributed by atoms with van der Waals surface area (Å²) in [7, 11) is -3.23. The Morgan fingerprint density at radius 1 is 1.21 bits per heavy atom. The highest BCUT2D eigenvalue weighted by Crippen LogP contribution is 2.38. The summed E-state index contributed by atoms with van der Waals surface area (Å²) in [6, 6.07) is 8.13. The molecule has 0 atom stereocenters. The van der Waals surface area contributed by atoms with E-state index in [1.807, 2.05) is 11.5 Å². The van der Waals surface area contributed by atoms with Crippen LogP contribution in [0.15, 0.2) is 30.3 Å². The Balaban J connectivity index is 1.98. The molecule has 0 aliphatic rings. The van der Waals surface area contributed by atoms with E-state index in [-0.39, 0.29) is 28.0 Å². The molecule has 0 saturated heterocycles. The Hall–Kier alpha value is -2.29. The SMILES string of the molecule is CCn1c(CS(C)(=O)=O)nc2ccc(Oc3c(Cl)cc(CC(=O)O)cc3Cl)cc21. The Kier molecular flexibility index (Phi) is 6.07. The molecule has 0 fully saturated rings. The maximum absolute atomic E-state index is 11.7. The normalized spacial score (nSPS) is 11.7. The Bertz CT molecular complexity index is 1180. The highest BCUT2D eigenvalue weighted by Gasteiger charge is 2.17. The molecule has 3 aromatic rings. The van der Waals surface area contributed by atoms with Gasteiger partial charge in [-0.05, 0) is 36.8 Å². The third-order valence-electron chi connectivity index (χ3n) is 4.14. The molecule has 0 unspecified atom stereocenters. The van der Waals surface area contributed by atoms with E-state index in [1.54, 1.807) is 18.2 Å². The van der Waals surface area contributed by atoms with Crippen LogP contribution in [0, 0.1) is 0 Å². The average molecular weight is 457 g/mol. The van der Waals surface area contributed by atoms with Crippen LogP contribution in [0.3, 0.4) is 0 Å². The maximum Gasteiger partial charge on any atom is 0.307 e. The molecule has 1 N–H and O–H groups in total. The van der Waals surface area contributed by atoms with Crippen molar-refractivity contribution in [3.05, 3.63) is 51.8 Å². The summed E-state index contributed by atoms with van der Waals surface area (Å²) in [6.45, 7) is 2.44. The van der Waals surface area contributed by atoms with Crippen LogP contribution >= 0.6 is 23.2 Å². The van der Waals surface area contributed by atoms with Crippen LogP contribution in [-0.4, -0.2) is 35.3 Å². The summed E-state index contributed by atoms with van der Waals surface area (Å²) >= 11 is 12.5. The number of aromatic nitrogens is 2. The van der Waals surface area contributed by atoms with Gasteiger partial charge in [-0.2, -0.15) is 0 Å². The fourth-order valence-electron chi connectivity index (χ4n) is 3.02. The zero-order valence-corrected chi connectivity index (χ0v) is 18.0. The third kappa shape index (κ3) is 5.01. The maximum atomic E-state index is 11.7. The number of rotatable bonds is 7. The number of sulfone groups is 1. The molecule has 0 aliphatic heterocycles. The van der Waals surface area contributed by atoms with Crippen LogP contribution in [0.4, 0.5) is 0 Å². The van der Waals surface area contributed by atoms with Gasteiger partial charge in [-0.25, -0.2) is 13.4 Å². The first-order valence-electron chi connectivity index (χ1n) is 8.62. The second kappa shape index (κ2) is 8.22. The second-order valence-electron chi connectivity index (χ2n) is 6.55.